The van der Waals surface area contributed by atoms with Gasteiger partial charge < -0.3 is 9.47 Å². The van der Waals surface area contributed by atoms with E-state index in [1.807, 2.05) is 30.3 Å². The quantitative estimate of drug-likeness (QED) is 0.735. The molecule has 112 valence electrons. The summed E-state index contributed by atoms with van der Waals surface area (Å²) in [4.78, 5) is 16.7. The van der Waals surface area contributed by atoms with Crippen LogP contribution in [0, 0.1) is 0 Å². The number of nitrogens with zero attached hydrogens (tertiary/aromatic N) is 3. The van der Waals surface area contributed by atoms with E-state index in [4.69, 9.17) is 9.47 Å². The number of fused-ring (bicyclic) bond motifs is 1. The van der Waals surface area contributed by atoms with Crippen LogP contribution < -0.4 is 10.4 Å². The van der Waals surface area contributed by atoms with E-state index >= 15 is 0 Å². The fourth-order valence-corrected chi connectivity index (χ4v) is 2.57. The van der Waals surface area contributed by atoms with Crippen LogP contribution in [0.1, 0.15) is 0 Å². The maximum atomic E-state index is 12.5. The SMILES string of the molecule is Cn1c(=O)n(-c2ccc(OC3COC3)nc2)c2ccccc21. The van der Waals surface area contributed by atoms with Gasteiger partial charge in [0.2, 0.25) is 5.88 Å². The van der Waals surface area contributed by atoms with Crippen LogP contribution in [0.25, 0.3) is 16.7 Å². The first-order chi connectivity index (χ1) is 10.7. The van der Waals surface area contributed by atoms with Crippen molar-refractivity contribution in [3.05, 3.63) is 53.1 Å². The van der Waals surface area contributed by atoms with E-state index in [1.54, 1.807) is 28.4 Å². The summed E-state index contributed by atoms with van der Waals surface area (Å²) in [5.41, 5.74) is 2.38. The molecule has 0 radical (unpaired) electrons. The molecule has 1 aliphatic rings. The number of ether oxygens (including phenoxy) is 2. The standard InChI is InChI=1S/C16H15N3O3/c1-18-13-4-2-3-5-14(13)19(16(18)20)11-6-7-15(17-8-11)22-12-9-21-10-12/h2-8,12H,9-10H2,1H3. The second-order valence-electron chi connectivity index (χ2n) is 5.30. The van der Waals surface area contributed by atoms with Gasteiger partial charge in [-0.1, -0.05) is 12.1 Å². The summed E-state index contributed by atoms with van der Waals surface area (Å²) >= 11 is 0. The number of rotatable bonds is 3. The number of benzene rings is 1. The van der Waals surface area contributed by atoms with Crippen LogP contribution in [-0.4, -0.2) is 33.4 Å². The molecule has 1 aliphatic heterocycles. The smallest absolute Gasteiger partial charge is 0.333 e. The zero-order valence-electron chi connectivity index (χ0n) is 12.1. The Morgan fingerprint density at radius 1 is 1.18 bits per heavy atom. The van der Waals surface area contributed by atoms with Gasteiger partial charge in [0.25, 0.3) is 0 Å². The van der Waals surface area contributed by atoms with Crippen LogP contribution in [0.5, 0.6) is 5.88 Å². The lowest BCUT2D eigenvalue weighted by Crippen LogP contribution is -2.38. The van der Waals surface area contributed by atoms with Crippen molar-refractivity contribution in [3.63, 3.8) is 0 Å². The van der Waals surface area contributed by atoms with Gasteiger partial charge in [0, 0.05) is 13.1 Å². The Morgan fingerprint density at radius 2 is 1.95 bits per heavy atom. The molecule has 0 amide bonds. The lowest BCUT2D eigenvalue weighted by atomic mass is 10.3. The van der Waals surface area contributed by atoms with E-state index < -0.39 is 0 Å². The Kier molecular flexibility index (Phi) is 2.97. The first-order valence-electron chi connectivity index (χ1n) is 7.11. The molecule has 1 saturated heterocycles. The van der Waals surface area contributed by atoms with Crippen molar-refractivity contribution in [1.82, 2.24) is 14.1 Å². The average molecular weight is 297 g/mol. The van der Waals surface area contributed by atoms with Crippen molar-refractivity contribution in [2.75, 3.05) is 13.2 Å². The number of pyridine rings is 1. The summed E-state index contributed by atoms with van der Waals surface area (Å²) < 4.78 is 14.0. The summed E-state index contributed by atoms with van der Waals surface area (Å²) in [6.45, 7) is 1.21. The van der Waals surface area contributed by atoms with Gasteiger partial charge in [-0.05, 0) is 18.2 Å². The molecule has 4 rings (SSSR count). The number of aryl methyl sites for hydroxylation is 1. The molecule has 0 unspecified atom stereocenters. The van der Waals surface area contributed by atoms with Crippen molar-refractivity contribution in [2.45, 2.75) is 6.10 Å². The second-order valence-corrected chi connectivity index (χ2v) is 5.30. The Balaban J connectivity index is 1.75. The molecule has 0 spiro atoms. The van der Waals surface area contributed by atoms with Crippen molar-refractivity contribution >= 4 is 11.0 Å². The highest BCUT2D eigenvalue weighted by atomic mass is 16.6. The first-order valence-corrected chi connectivity index (χ1v) is 7.11. The average Bonchev–Trinajstić information content (AvgIpc) is 2.76. The normalized spacial score (nSPS) is 15.0. The molecular weight excluding hydrogens is 282 g/mol. The van der Waals surface area contributed by atoms with E-state index in [0.29, 0.717) is 19.1 Å². The molecular formula is C16H15N3O3. The van der Waals surface area contributed by atoms with Gasteiger partial charge in [-0.15, -0.1) is 0 Å². The Morgan fingerprint density at radius 3 is 2.59 bits per heavy atom. The molecule has 0 bridgehead atoms. The third kappa shape index (κ3) is 2.00. The molecule has 6 nitrogen and oxygen atoms in total. The molecule has 2 aromatic heterocycles. The topological polar surface area (TPSA) is 58.3 Å². The predicted octanol–water partition coefficient (Wildman–Crippen LogP) is 1.50. The second kappa shape index (κ2) is 4.99. The van der Waals surface area contributed by atoms with Crippen LogP contribution in [0.3, 0.4) is 0 Å². The Bertz CT molecular complexity index is 876. The zero-order valence-corrected chi connectivity index (χ0v) is 12.1. The first kappa shape index (κ1) is 13.1. The van der Waals surface area contributed by atoms with E-state index in [-0.39, 0.29) is 11.8 Å². The van der Waals surface area contributed by atoms with Crippen molar-refractivity contribution in [2.24, 2.45) is 7.05 Å². The van der Waals surface area contributed by atoms with E-state index in [9.17, 15) is 4.79 Å². The van der Waals surface area contributed by atoms with Gasteiger partial charge in [-0.25, -0.2) is 9.78 Å². The number of para-hydroxylation sites is 2. The molecule has 22 heavy (non-hydrogen) atoms. The Labute approximate surface area is 126 Å². The van der Waals surface area contributed by atoms with E-state index in [0.717, 1.165) is 16.7 Å². The lowest BCUT2D eigenvalue weighted by molar-refractivity contribution is -0.0813. The minimum atomic E-state index is -0.0935. The van der Waals surface area contributed by atoms with Gasteiger partial charge in [-0.2, -0.15) is 0 Å². The highest BCUT2D eigenvalue weighted by Crippen LogP contribution is 2.19. The highest BCUT2D eigenvalue weighted by molar-refractivity contribution is 5.77. The van der Waals surface area contributed by atoms with Gasteiger partial charge in [-0.3, -0.25) is 9.13 Å². The minimum absolute atomic E-state index is 0.0821. The van der Waals surface area contributed by atoms with Gasteiger partial charge in [0.1, 0.15) is 6.10 Å². The largest absolute Gasteiger partial charge is 0.469 e. The maximum absolute atomic E-state index is 12.5. The summed E-state index contributed by atoms with van der Waals surface area (Å²) in [6, 6.07) is 11.3. The fraction of sp³-hybridized carbons (Fsp3) is 0.250. The van der Waals surface area contributed by atoms with Crippen LogP contribution in [0.4, 0.5) is 0 Å². The van der Waals surface area contributed by atoms with Gasteiger partial charge in [0.15, 0.2) is 0 Å². The summed E-state index contributed by atoms with van der Waals surface area (Å²) in [5.74, 6) is 0.547. The van der Waals surface area contributed by atoms with Crippen molar-refractivity contribution in [1.29, 1.82) is 0 Å². The molecule has 0 atom stereocenters. The van der Waals surface area contributed by atoms with Gasteiger partial charge in [0.05, 0.1) is 36.1 Å². The number of hydrogen-bond acceptors (Lipinski definition) is 4. The van der Waals surface area contributed by atoms with Crippen LogP contribution in [0.15, 0.2) is 47.4 Å². The van der Waals surface area contributed by atoms with Crippen LogP contribution in [0.2, 0.25) is 0 Å². The number of imidazole rings is 1. The molecule has 3 aromatic rings. The summed E-state index contributed by atoms with van der Waals surface area (Å²) in [7, 11) is 1.77. The Hall–Kier alpha value is -2.60. The van der Waals surface area contributed by atoms with Crippen molar-refractivity contribution < 1.29 is 9.47 Å². The van der Waals surface area contributed by atoms with Crippen LogP contribution >= 0.6 is 0 Å². The third-order valence-electron chi connectivity index (χ3n) is 3.84. The van der Waals surface area contributed by atoms with E-state index in [2.05, 4.69) is 4.98 Å². The third-order valence-corrected chi connectivity index (χ3v) is 3.84. The monoisotopic (exact) mass is 297 g/mol. The molecule has 6 heteroatoms. The van der Waals surface area contributed by atoms with Gasteiger partial charge >= 0.3 is 5.69 Å². The molecule has 0 N–H and O–H groups in total. The summed E-state index contributed by atoms with van der Waals surface area (Å²) in [6.07, 6.45) is 1.74. The molecule has 1 fully saturated rings. The maximum Gasteiger partial charge on any atom is 0.333 e. The highest BCUT2D eigenvalue weighted by Gasteiger charge is 2.20. The number of aromatic nitrogens is 3. The fourth-order valence-electron chi connectivity index (χ4n) is 2.57. The zero-order chi connectivity index (χ0) is 15.1. The minimum Gasteiger partial charge on any atom is -0.469 e. The van der Waals surface area contributed by atoms with Crippen LogP contribution in [-0.2, 0) is 11.8 Å². The molecule has 0 aliphatic carbocycles. The summed E-state index contributed by atoms with van der Waals surface area (Å²) in [5, 5.41) is 0. The van der Waals surface area contributed by atoms with Crippen molar-refractivity contribution in [3.8, 4) is 11.6 Å². The molecule has 3 heterocycles. The van der Waals surface area contributed by atoms with E-state index in [1.165, 1.54) is 0 Å². The predicted molar refractivity (Wildman–Crippen MR) is 81.5 cm³/mol. The molecule has 0 saturated carbocycles. The lowest BCUT2D eigenvalue weighted by Gasteiger charge is -2.26. The number of hydrogen-bond donors (Lipinski definition) is 0. The molecule has 1 aromatic carbocycles.